The Balaban J connectivity index is 1.50. The Morgan fingerprint density at radius 2 is 1.96 bits per heavy atom. The SMILES string of the molecule is Cc1cc2c(N3CC(Cn4nc(C(C)(C)C)ccc4=O)C3)nccn2n1. The maximum atomic E-state index is 12.2. The molecule has 0 bridgehead atoms. The Morgan fingerprint density at radius 1 is 1.19 bits per heavy atom. The monoisotopic (exact) mass is 352 g/mol. The van der Waals surface area contributed by atoms with Crippen LogP contribution in [0.4, 0.5) is 5.82 Å². The highest BCUT2D eigenvalue weighted by molar-refractivity contribution is 5.69. The first-order valence-electron chi connectivity index (χ1n) is 8.96. The van der Waals surface area contributed by atoms with Crippen LogP contribution in [-0.2, 0) is 12.0 Å². The highest BCUT2D eigenvalue weighted by Gasteiger charge is 2.30. The van der Waals surface area contributed by atoms with Gasteiger partial charge in [-0.15, -0.1) is 0 Å². The molecule has 7 heteroatoms. The predicted octanol–water partition coefficient (Wildman–Crippen LogP) is 2.03. The van der Waals surface area contributed by atoms with Gasteiger partial charge in [-0.3, -0.25) is 4.79 Å². The maximum absolute atomic E-state index is 12.2. The summed E-state index contributed by atoms with van der Waals surface area (Å²) in [4.78, 5) is 18.9. The fraction of sp³-hybridized carbons (Fsp3) is 0.474. The Morgan fingerprint density at radius 3 is 2.69 bits per heavy atom. The van der Waals surface area contributed by atoms with E-state index in [2.05, 4.69) is 46.9 Å². The molecule has 1 aliphatic rings. The summed E-state index contributed by atoms with van der Waals surface area (Å²) in [7, 11) is 0. The van der Waals surface area contributed by atoms with Crippen LogP contribution in [0.2, 0.25) is 0 Å². The van der Waals surface area contributed by atoms with Crippen molar-refractivity contribution in [2.75, 3.05) is 18.0 Å². The zero-order chi connectivity index (χ0) is 18.5. The summed E-state index contributed by atoms with van der Waals surface area (Å²) in [5, 5.41) is 9.01. The van der Waals surface area contributed by atoms with Gasteiger partial charge in [-0.25, -0.2) is 14.2 Å². The molecule has 0 atom stereocenters. The molecule has 3 aromatic rings. The van der Waals surface area contributed by atoms with E-state index >= 15 is 0 Å². The molecule has 0 spiro atoms. The topological polar surface area (TPSA) is 68.3 Å². The summed E-state index contributed by atoms with van der Waals surface area (Å²) in [6, 6.07) is 5.51. The van der Waals surface area contributed by atoms with Crippen LogP contribution in [0.3, 0.4) is 0 Å². The van der Waals surface area contributed by atoms with Crippen molar-refractivity contribution in [3.63, 3.8) is 0 Å². The minimum absolute atomic E-state index is 0.0388. The van der Waals surface area contributed by atoms with E-state index in [1.165, 1.54) is 0 Å². The molecule has 0 unspecified atom stereocenters. The molecule has 0 saturated carbocycles. The van der Waals surface area contributed by atoms with Crippen LogP contribution in [0.5, 0.6) is 0 Å². The van der Waals surface area contributed by atoms with Gasteiger partial charge in [0.25, 0.3) is 5.56 Å². The van der Waals surface area contributed by atoms with Gasteiger partial charge in [0.15, 0.2) is 5.82 Å². The Kier molecular flexibility index (Phi) is 3.82. The summed E-state index contributed by atoms with van der Waals surface area (Å²) in [5.74, 6) is 1.34. The number of hydrogen-bond acceptors (Lipinski definition) is 5. The van der Waals surface area contributed by atoms with Crippen LogP contribution in [0.1, 0.15) is 32.2 Å². The molecule has 26 heavy (non-hydrogen) atoms. The second-order valence-electron chi connectivity index (χ2n) is 8.13. The van der Waals surface area contributed by atoms with E-state index in [0.717, 1.165) is 35.8 Å². The molecule has 1 aliphatic heterocycles. The Bertz CT molecular complexity index is 1010. The van der Waals surface area contributed by atoms with E-state index in [-0.39, 0.29) is 11.0 Å². The van der Waals surface area contributed by atoms with E-state index in [9.17, 15) is 4.79 Å². The molecule has 0 aliphatic carbocycles. The van der Waals surface area contributed by atoms with Gasteiger partial charge in [-0.05, 0) is 19.1 Å². The first kappa shape index (κ1) is 16.8. The van der Waals surface area contributed by atoms with Crippen LogP contribution in [0.25, 0.3) is 5.52 Å². The van der Waals surface area contributed by atoms with E-state index in [4.69, 9.17) is 0 Å². The molecule has 136 valence electrons. The summed E-state index contributed by atoms with van der Waals surface area (Å²) in [5.41, 5.74) is 2.83. The molecule has 3 aromatic heterocycles. The summed E-state index contributed by atoms with van der Waals surface area (Å²) >= 11 is 0. The summed E-state index contributed by atoms with van der Waals surface area (Å²) < 4.78 is 3.48. The molecule has 0 radical (unpaired) electrons. The second kappa shape index (κ2) is 5.93. The van der Waals surface area contributed by atoms with Crippen molar-refractivity contribution in [3.05, 3.63) is 52.3 Å². The van der Waals surface area contributed by atoms with E-state index in [0.29, 0.717) is 12.5 Å². The molecule has 0 amide bonds. The largest absolute Gasteiger partial charge is 0.354 e. The predicted molar refractivity (Wildman–Crippen MR) is 101 cm³/mol. The van der Waals surface area contributed by atoms with Crippen molar-refractivity contribution in [1.29, 1.82) is 0 Å². The van der Waals surface area contributed by atoms with E-state index in [1.807, 2.05) is 23.7 Å². The fourth-order valence-corrected chi connectivity index (χ4v) is 3.36. The smallest absolute Gasteiger partial charge is 0.266 e. The lowest BCUT2D eigenvalue weighted by atomic mass is 9.92. The quantitative estimate of drug-likeness (QED) is 0.721. The van der Waals surface area contributed by atoms with Crippen molar-refractivity contribution in [2.24, 2.45) is 5.92 Å². The molecular weight excluding hydrogens is 328 g/mol. The van der Waals surface area contributed by atoms with Crippen LogP contribution in [0.15, 0.2) is 35.4 Å². The zero-order valence-corrected chi connectivity index (χ0v) is 15.7. The number of aromatic nitrogens is 5. The number of hydrogen-bond donors (Lipinski definition) is 0. The highest BCUT2D eigenvalue weighted by Crippen LogP contribution is 2.27. The lowest BCUT2D eigenvalue weighted by Gasteiger charge is -2.40. The van der Waals surface area contributed by atoms with Gasteiger partial charge in [0.1, 0.15) is 5.52 Å². The number of aryl methyl sites for hydroxylation is 1. The van der Waals surface area contributed by atoms with Crippen molar-refractivity contribution < 1.29 is 0 Å². The normalized spacial score (nSPS) is 15.5. The number of fused-ring (bicyclic) bond motifs is 1. The average Bonchev–Trinajstić information content (AvgIpc) is 2.91. The molecule has 1 fully saturated rings. The molecular formula is C19H24N6O. The lowest BCUT2D eigenvalue weighted by Crippen LogP contribution is -2.50. The van der Waals surface area contributed by atoms with Gasteiger partial charge < -0.3 is 4.90 Å². The molecule has 4 rings (SSSR count). The van der Waals surface area contributed by atoms with Crippen LogP contribution in [0, 0.1) is 12.8 Å². The minimum Gasteiger partial charge on any atom is -0.354 e. The van der Waals surface area contributed by atoms with E-state index < -0.39 is 0 Å². The van der Waals surface area contributed by atoms with Crippen LogP contribution in [-0.4, -0.2) is 37.5 Å². The van der Waals surface area contributed by atoms with Crippen molar-refractivity contribution in [3.8, 4) is 0 Å². The third-order valence-corrected chi connectivity index (χ3v) is 4.81. The van der Waals surface area contributed by atoms with Crippen molar-refractivity contribution in [1.82, 2.24) is 24.4 Å². The second-order valence-corrected chi connectivity index (χ2v) is 8.13. The van der Waals surface area contributed by atoms with Crippen molar-refractivity contribution in [2.45, 2.75) is 39.7 Å². The maximum Gasteiger partial charge on any atom is 0.266 e. The Labute approximate surface area is 152 Å². The van der Waals surface area contributed by atoms with Gasteiger partial charge in [-0.2, -0.15) is 10.2 Å². The molecule has 4 heterocycles. The average molecular weight is 352 g/mol. The first-order valence-corrected chi connectivity index (χ1v) is 8.96. The molecule has 7 nitrogen and oxygen atoms in total. The van der Waals surface area contributed by atoms with E-state index in [1.54, 1.807) is 16.9 Å². The lowest BCUT2D eigenvalue weighted by molar-refractivity contribution is 0.328. The number of anilines is 1. The molecule has 1 saturated heterocycles. The van der Waals surface area contributed by atoms with Gasteiger partial charge in [0.05, 0.1) is 17.9 Å². The van der Waals surface area contributed by atoms with Crippen LogP contribution >= 0.6 is 0 Å². The van der Waals surface area contributed by atoms with Crippen molar-refractivity contribution >= 4 is 11.3 Å². The van der Waals surface area contributed by atoms with Gasteiger partial charge in [-0.1, -0.05) is 20.8 Å². The Hall–Kier alpha value is -2.70. The minimum atomic E-state index is -0.0689. The molecule has 0 aromatic carbocycles. The zero-order valence-electron chi connectivity index (χ0n) is 15.7. The summed E-state index contributed by atoms with van der Waals surface area (Å²) in [6.45, 7) is 10.7. The number of nitrogens with zero attached hydrogens (tertiary/aromatic N) is 6. The third kappa shape index (κ3) is 2.98. The standard InChI is InChI=1S/C19H24N6O/c1-13-9-15-18(20-7-8-24(15)21-13)23-10-14(11-23)12-25-17(26)6-5-16(22-25)19(2,3)4/h5-9,14H,10-12H2,1-4H3. The first-order chi connectivity index (χ1) is 12.3. The molecule has 0 N–H and O–H groups in total. The van der Waals surface area contributed by atoms with Gasteiger partial charge >= 0.3 is 0 Å². The number of rotatable bonds is 3. The summed E-state index contributed by atoms with van der Waals surface area (Å²) in [6.07, 6.45) is 3.64. The van der Waals surface area contributed by atoms with Crippen LogP contribution < -0.4 is 10.5 Å². The highest BCUT2D eigenvalue weighted by atomic mass is 16.1. The third-order valence-electron chi connectivity index (χ3n) is 4.81. The fourth-order valence-electron chi connectivity index (χ4n) is 3.36. The van der Waals surface area contributed by atoms with Gasteiger partial charge in [0, 0.05) is 42.9 Å². The van der Waals surface area contributed by atoms with Gasteiger partial charge in [0.2, 0.25) is 0 Å².